The summed E-state index contributed by atoms with van der Waals surface area (Å²) in [6.07, 6.45) is 5.89. The molecule has 0 bridgehead atoms. The molecule has 7 nitrogen and oxygen atoms in total. The molecule has 1 aromatic carbocycles. The predicted octanol–water partition coefficient (Wildman–Crippen LogP) is 4.34. The van der Waals surface area contributed by atoms with Crippen LogP contribution in [-0.2, 0) is 11.3 Å². The van der Waals surface area contributed by atoms with E-state index in [1.807, 2.05) is 6.20 Å². The average Bonchev–Trinajstić information content (AvgIpc) is 3.27. The molecule has 30 heavy (non-hydrogen) atoms. The van der Waals surface area contributed by atoms with Gasteiger partial charge in [0.1, 0.15) is 6.61 Å². The minimum absolute atomic E-state index is 0.180. The van der Waals surface area contributed by atoms with Gasteiger partial charge in [0.25, 0.3) is 0 Å². The minimum atomic E-state index is -0.265. The van der Waals surface area contributed by atoms with Crippen LogP contribution in [0, 0.1) is 5.92 Å². The lowest BCUT2D eigenvalue weighted by Gasteiger charge is -2.37. The van der Waals surface area contributed by atoms with Gasteiger partial charge in [-0.2, -0.15) is 0 Å². The highest BCUT2D eigenvalue weighted by atomic mass is 35.5. The lowest BCUT2D eigenvalue weighted by Crippen LogP contribution is -2.43. The van der Waals surface area contributed by atoms with Crippen molar-refractivity contribution in [1.29, 1.82) is 0 Å². The molecular formula is C21H27Cl2N5O2. The van der Waals surface area contributed by atoms with E-state index in [1.54, 1.807) is 23.1 Å². The van der Waals surface area contributed by atoms with E-state index < -0.39 is 0 Å². The minimum Gasteiger partial charge on any atom is -0.445 e. The van der Waals surface area contributed by atoms with Crippen LogP contribution in [0.5, 0.6) is 0 Å². The van der Waals surface area contributed by atoms with Crippen LogP contribution < -0.4 is 0 Å². The molecule has 0 radical (unpaired) electrons. The lowest BCUT2D eigenvalue weighted by molar-refractivity contribution is 0.0751. The molecule has 1 N–H and O–H groups in total. The Morgan fingerprint density at radius 1 is 1.07 bits per heavy atom. The van der Waals surface area contributed by atoms with Crippen molar-refractivity contribution in [3.63, 3.8) is 0 Å². The van der Waals surface area contributed by atoms with E-state index >= 15 is 0 Å². The number of hydrogen-bond acceptors (Lipinski definition) is 5. The van der Waals surface area contributed by atoms with E-state index in [-0.39, 0.29) is 12.7 Å². The summed E-state index contributed by atoms with van der Waals surface area (Å²) >= 11 is 12.0. The first-order chi connectivity index (χ1) is 14.6. The summed E-state index contributed by atoms with van der Waals surface area (Å²) in [5.41, 5.74) is 1.95. The Labute approximate surface area is 186 Å². The number of piperidine rings is 2. The third-order valence-electron chi connectivity index (χ3n) is 6.13. The Kier molecular flexibility index (Phi) is 7.12. The zero-order valence-corrected chi connectivity index (χ0v) is 18.4. The zero-order chi connectivity index (χ0) is 20.9. The molecule has 162 valence electrons. The maximum absolute atomic E-state index is 12.4. The van der Waals surface area contributed by atoms with Crippen LogP contribution >= 0.6 is 23.2 Å². The van der Waals surface area contributed by atoms with Gasteiger partial charge in [-0.15, -0.1) is 5.10 Å². The summed E-state index contributed by atoms with van der Waals surface area (Å²) in [6, 6.07) is 5.19. The molecule has 1 aromatic heterocycles. The number of hydrogen-bond donors (Lipinski definition) is 1. The van der Waals surface area contributed by atoms with Gasteiger partial charge >= 0.3 is 6.09 Å². The van der Waals surface area contributed by atoms with E-state index in [2.05, 4.69) is 20.3 Å². The van der Waals surface area contributed by atoms with Crippen LogP contribution in [0.15, 0.2) is 24.4 Å². The van der Waals surface area contributed by atoms with Gasteiger partial charge in [0.05, 0.1) is 11.9 Å². The predicted molar refractivity (Wildman–Crippen MR) is 116 cm³/mol. The summed E-state index contributed by atoms with van der Waals surface area (Å²) in [6.45, 7) is 4.99. The van der Waals surface area contributed by atoms with Crippen molar-refractivity contribution in [3.05, 3.63) is 45.7 Å². The van der Waals surface area contributed by atoms with Gasteiger partial charge in [-0.05, 0) is 68.5 Å². The summed E-state index contributed by atoms with van der Waals surface area (Å²) in [7, 11) is 0. The smallest absolute Gasteiger partial charge is 0.410 e. The Morgan fingerprint density at radius 3 is 2.40 bits per heavy atom. The van der Waals surface area contributed by atoms with Crippen LogP contribution in [0.3, 0.4) is 0 Å². The van der Waals surface area contributed by atoms with Gasteiger partial charge in [-0.25, -0.2) is 4.79 Å². The molecule has 0 saturated carbocycles. The lowest BCUT2D eigenvalue weighted by atomic mass is 9.91. The second kappa shape index (κ2) is 9.98. The molecule has 0 unspecified atom stereocenters. The molecule has 2 aliphatic rings. The van der Waals surface area contributed by atoms with Crippen LogP contribution in [0.4, 0.5) is 4.79 Å². The molecule has 3 heterocycles. The fourth-order valence-electron chi connectivity index (χ4n) is 4.42. The maximum atomic E-state index is 12.4. The first kappa shape index (κ1) is 21.4. The van der Waals surface area contributed by atoms with E-state index in [4.69, 9.17) is 27.9 Å². The normalized spacial score (nSPS) is 19.2. The number of nitrogens with zero attached hydrogens (tertiary/aromatic N) is 4. The van der Waals surface area contributed by atoms with E-state index in [9.17, 15) is 4.79 Å². The largest absolute Gasteiger partial charge is 0.445 e. The molecule has 2 aliphatic heterocycles. The summed E-state index contributed by atoms with van der Waals surface area (Å²) < 4.78 is 5.46. The number of likely N-dealkylation sites (tertiary alicyclic amines) is 2. The first-order valence-corrected chi connectivity index (χ1v) is 11.3. The molecule has 2 saturated heterocycles. The van der Waals surface area contributed by atoms with Gasteiger partial charge in [0.2, 0.25) is 0 Å². The number of carbonyl (C=O) groups excluding carboxylic acids is 1. The van der Waals surface area contributed by atoms with Gasteiger partial charge in [-0.3, -0.25) is 5.10 Å². The van der Waals surface area contributed by atoms with Crippen LogP contribution in [0.1, 0.15) is 42.9 Å². The molecule has 0 aliphatic carbocycles. The van der Waals surface area contributed by atoms with Crippen molar-refractivity contribution in [3.8, 4) is 0 Å². The monoisotopic (exact) mass is 451 g/mol. The quantitative estimate of drug-likeness (QED) is 0.731. The van der Waals surface area contributed by atoms with Crippen molar-refractivity contribution in [2.45, 2.75) is 38.2 Å². The number of aromatic amines is 1. The van der Waals surface area contributed by atoms with Crippen molar-refractivity contribution in [1.82, 2.24) is 25.2 Å². The number of nitrogens with one attached hydrogen (secondary N) is 1. The number of aromatic nitrogens is 3. The number of rotatable bonds is 5. The van der Waals surface area contributed by atoms with Gasteiger partial charge < -0.3 is 14.5 Å². The van der Waals surface area contributed by atoms with E-state index in [0.717, 1.165) is 69.7 Å². The first-order valence-electron chi connectivity index (χ1n) is 10.5. The van der Waals surface area contributed by atoms with Crippen molar-refractivity contribution in [2.24, 2.45) is 5.92 Å². The summed E-state index contributed by atoms with van der Waals surface area (Å²) in [5, 5.41) is 11.8. The number of ether oxygens (including phenoxy) is 1. The summed E-state index contributed by atoms with van der Waals surface area (Å²) in [4.78, 5) is 16.8. The number of H-pyrrole nitrogens is 1. The third kappa shape index (κ3) is 5.65. The molecule has 0 atom stereocenters. The fraction of sp³-hybridized carbons (Fsp3) is 0.571. The molecule has 4 rings (SSSR count). The second-order valence-electron chi connectivity index (χ2n) is 8.25. The van der Waals surface area contributed by atoms with Crippen molar-refractivity contribution < 1.29 is 9.53 Å². The molecule has 2 aromatic rings. The Bertz CT molecular complexity index is 812. The highest BCUT2D eigenvalue weighted by molar-refractivity contribution is 6.34. The molecule has 0 spiro atoms. The molecule has 2 fully saturated rings. The van der Waals surface area contributed by atoms with E-state index in [0.29, 0.717) is 21.9 Å². The van der Waals surface area contributed by atoms with Crippen LogP contribution in [-0.4, -0.2) is 64.0 Å². The SMILES string of the molecule is O=C(OCc1cc(Cl)cc(Cl)c1)N1CCC(CN2CCC(c3cnn[nH]3)CC2)CC1. The Balaban J connectivity index is 1.16. The summed E-state index contributed by atoms with van der Waals surface area (Å²) in [5.74, 6) is 1.17. The standard InChI is InChI=1S/C21H27Cl2N5O2/c22-18-9-16(10-19(23)11-18)14-30-21(29)28-7-1-15(2-8-28)13-27-5-3-17(4-6-27)20-12-24-26-25-20/h9-12,15,17H,1-8,13-14H2,(H,24,25,26). The molecular weight excluding hydrogens is 425 g/mol. The van der Waals surface area contributed by atoms with Crippen LogP contribution in [0.2, 0.25) is 10.0 Å². The molecule has 9 heteroatoms. The fourth-order valence-corrected chi connectivity index (χ4v) is 4.99. The Morgan fingerprint density at radius 2 is 1.77 bits per heavy atom. The van der Waals surface area contributed by atoms with Gasteiger partial charge in [0, 0.05) is 35.6 Å². The highest BCUT2D eigenvalue weighted by Gasteiger charge is 2.27. The van der Waals surface area contributed by atoms with Crippen molar-refractivity contribution >= 4 is 29.3 Å². The van der Waals surface area contributed by atoms with Gasteiger partial charge in [-0.1, -0.05) is 28.4 Å². The Hall–Kier alpha value is -1.83. The molecule has 1 amide bonds. The second-order valence-corrected chi connectivity index (χ2v) is 9.12. The maximum Gasteiger partial charge on any atom is 0.410 e. The van der Waals surface area contributed by atoms with E-state index in [1.165, 1.54) is 0 Å². The van der Waals surface area contributed by atoms with Gasteiger partial charge in [0.15, 0.2) is 0 Å². The van der Waals surface area contributed by atoms with Crippen LogP contribution in [0.25, 0.3) is 0 Å². The van der Waals surface area contributed by atoms with Crippen molar-refractivity contribution in [2.75, 3.05) is 32.7 Å². The topological polar surface area (TPSA) is 74.3 Å². The number of halogens is 2. The zero-order valence-electron chi connectivity index (χ0n) is 16.9. The average molecular weight is 452 g/mol. The number of amides is 1. The third-order valence-corrected chi connectivity index (χ3v) is 6.57. The number of benzene rings is 1. The highest BCUT2D eigenvalue weighted by Crippen LogP contribution is 2.28. The number of carbonyl (C=O) groups is 1.